The Morgan fingerprint density at radius 1 is 1.31 bits per heavy atom. The molecule has 1 aromatic heterocycles. The summed E-state index contributed by atoms with van der Waals surface area (Å²) >= 11 is 5.99. The van der Waals surface area contributed by atoms with Gasteiger partial charge in [0.1, 0.15) is 0 Å². The molecule has 1 aromatic carbocycles. The van der Waals surface area contributed by atoms with Crippen molar-refractivity contribution >= 4 is 28.6 Å². The van der Waals surface area contributed by atoms with Gasteiger partial charge in [-0.25, -0.2) is 0 Å². The number of nitrogens with zero attached hydrogens (tertiary/aromatic N) is 1. The number of hydrogen-bond donors (Lipinski definition) is 0. The zero-order chi connectivity index (χ0) is 9.26. The van der Waals surface area contributed by atoms with E-state index >= 15 is 0 Å². The number of rotatable bonds is 1. The van der Waals surface area contributed by atoms with E-state index in [9.17, 15) is 0 Å². The fraction of sp³-hybridized carbons (Fsp3) is 0. The van der Waals surface area contributed by atoms with Gasteiger partial charge in [0.15, 0.2) is 0 Å². The largest absolute Gasteiger partial charge is 0.256 e. The van der Waals surface area contributed by atoms with Gasteiger partial charge >= 0.3 is 0 Å². The number of aromatic nitrogens is 1. The molecule has 13 heavy (non-hydrogen) atoms. The molecular formula is C11H8ClN. The molecule has 0 spiro atoms. The topological polar surface area (TPSA) is 12.9 Å². The van der Waals surface area contributed by atoms with Crippen molar-refractivity contribution in [2.75, 3.05) is 0 Å². The minimum absolute atomic E-state index is 0.696. The number of benzene rings is 1. The quantitative estimate of drug-likeness (QED) is 0.669. The molecule has 0 amide bonds. The van der Waals surface area contributed by atoms with Gasteiger partial charge in [-0.3, -0.25) is 4.98 Å². The van der Waals surface area contributed by atoms with Gasteiger partial charge in [-0.1, -0.05) is 36.4 Å². The van der Waals surface area contributed by atoms with Crippen molar-refractivity contribution in [2.24, 2.45) is 0 Å². The second kappa shape index (κ2) is 3.19. The molecule has 0 saturated heterocycles. The average molecular weight is 190 g/mol. The zero-order valence-corrected chi connectivity index (χ0v) is 7.75. The van der Waals surface area contributed by atoms with Crippen molar-refractivity contribution in [3.8, 4) is 0 Å². The molecule has 0 N–H and O–H groups in total. The van der Waals surface area contributed by atoms with Crippen LogP contribution in [0.2, 0.25) is 5.02 Å². The Bertz CT molecular complexity index is 463. The maximum absolute atomic E-state index is 5.99. The molecule has 2 rings (SSSR count). The van der Waals surface area contributed by atoms with Crippen molar-refractivity contribution in [2.45, 2.75) is 0 Å². The Kier molecular flexibility index (Phi) is 2.03. The summed E-state index contributed by atoms with van der Waals surface area (Å²) in [5.41, 5.74) is 1.81. The van der Waals surface area contributed by atoms with E-state index in [1.54, 1.807) is 12.3 Å². The Morgan fingerprint density at radius 2 is 2.15 bits per heavy atom. The highest BCUT2D eigenvalue weighted by Crippen LogP contribution is 2.24. The van der Waals surface area contributed by atoms with Crippen molar-refractivity contribution in [1.29, 1.82) is 0 Å². The lowest BCUT2D eigenvalue weighted by Crippen LogP contribution is -1.83. The lowest BCUT2D eigenvalue weighted by molar-refractivity contribution is 1.41. The Morgan fingerprint density at radius 3 is 2.92 bits per heavy atom. The van der Waals surface area contributed by atoms with Gasteiger partial charge in [0, 0.05) is 22.2 Å². The van der Waals surface area contributed by atoms with Gasteiger partial charge in [-0.2, -0.15) is 0 Å². The summed E-state index contributed by atoms with van der Waals surface area (Å²) in [6, 6.07) is 7.73. The second-order valence-corrected chi connectivity index (χ2v) is 3.15. The monoisotopic (exact) mass is 189 g/mol. The van der Waals surface area contributed by atoms with E-state index in [0.29, 0.717) is 5.02 Å². The van der Waals surface area contributed by atoms with Crippen LogP contribution in [-0.4, -0.2) is 4.98 Å². The minimum Gasteiger partial charge on any atom is -0.256 e. The minimum atomic E-state index is 0.696. The third-order valence-corrected chi connectivity index (χ3v) is 2.29. The van der Waals surface area contributed by atoms with Crippen LogP contribution in [0.15, 0.2) is 37.0 Å². The number of hydrogen-bond acceptors (Lipinski definition) is 1. The van der Waals surface area contributed by atoms with E-state index in [2.05, 4.69) is 11.6 Å². The summed E-state index contributed by atoms with van der Waals surface area (Å²) < 4.78 is 0. The molecule has 2 heteroatoms. The molecule has 0 radical (unpaired) electrons. The Hall–Kier alpha value is -1.34. The van der Waals surface area contributed by atoms with Gasteiger partial charge in [0.05, 0.1) is 5.52 Å². The van der Waals surface area contributed by atoms with Gasteiger partial charge in [-0.05, 0) is 12.1 Å². The molecular weight excluding hydrogens is 182 g/mol. The molecule has 0 saturated carbocycles. The fourth-order valence-corrected chi connectivity index (χ4v) is 1.57. The van der Waals surface area contributed by atoms with Crippen molar-refractivity contribution < 1.29 is 0 Å². The molecule has 0 unspecified atom stereocenters. The highest BCUT2D eigenvalue weighted by Gasteiger charge is 2.02. The lowest BCUT2D eigenvalue weighted by atomic mass is 10.1. The molecule has 1 nitrogen and oxygen atoms in total. The maximum Gasteiger partial charge on any atom is 0.0788 e. The predicted octanol–water partition coefficient (Wildman–Crippen LogP) is 3.53. The number of fused-ring (bicyclic) bond motifs is 1. The van der Waals surface area contributed by atoms with Crippen LogP contribution in [0, 0.1) is 0 Å². The fourth-order valence-electron chi connectivity index (χ4n) is 1.34. The summed E-state index contributed by atoms with van der Waals surface area (Å²) in [4.78, 5) is 4.26. The first kappa shape index (κ1) is 8.27. The van der Waals surface area contributed by atoms with Gasteiger partial charge in [-0.15, -0.1) is 0 Å². The molecule has 0 fully saturated rings. The Balaban J connectivity index is 2.91. The molecule has 0 aliphatic rings. The molecule has 0 bridgehead atoms. The normalized spacial score (nSPS) is 10.2. The maximum atomic E-state index is 5.99. The Labute approximate surface area is 81.7 Å². The first-order valence-electron chi connectivity index (χ1n) is 3.98. The van der Waals surface area contributed by atoms with Crippen LogP contribution in [0.5, 0.6) is 0 Å². The number of pyridine rings is 1. The van der Waals surface area contributed by atoms with E-state index in [-0.39, 0.29) is 0 Å². The summed E-state index contributed by atoms with van der Waals surface area (Å²) in [6.07, 6.45) is 3.49. The van der Waals surface area contributed by atoms with E-state index < -0.39 is 0 Å². The van der Waals surface area contributed by atoms with Crippen LogP contribution in [0.1, 0.15) is 5.56 Å². The third kappa shape index (κ3) is 1.31. The highest BCUT2D eigenvalue weighted by atomic mass is 35.5. The molecule has 0 aliphatic heterocycles. The predicted molar refractivity (Wildman–Crippen MR) is 56.8 cm³/mol. The van der Waals surface area contributed by atoms with Crippen LogP contribution in [0.3, 0.4) is 0 Å². The molecule has 1 heterocycles. The SMILES string of the molecule is C=Cc1c(Cl)ccc2cccnc12. The molecule has 2 aromatic rings. The first-order valence-corrected chi connectivity index (χ1v) is 4.36. The molecule has 64 valence electrons. The van der Waals surface area contributed by atoms with E-state index in [4.69, 9.17) is 11.6 Å². The molecule has 0 atom stereocenters. The summed E-state index contributed by atoms with van der Waals surface area (Å²) in [5.74, 6) is 0. The van der Waals surface area contributed by atoms with E-state index in [1.165, 1.54) is 0 Å². The highest BCUT2D eigenvalue weighted by molar-refractivity contribution is 6.33. The van der Waals surface area contributed by atoms with Crippen LogP contribution in [0.4, 0.5) is 0 Å². The van der Waals surface area contributed by atoms with E-state index in [1.807, 2.05) is 24.3 Å². The van der Waals surface area contributed by atoms with Gasteiger partial charge in [0.25, 0.3) is 0 Å². The van der Waals surface area contributed by atoms with Crippen molar-refractivity contribution in [3.63, 3.8) is 0 Å². The lowest BCUT2D eigenvalue weighted by Gasteiger charge is -2.02. The third-order valence-electron chi connectivity index (χ3n) is 1.96. The standard InChI is InChI=1S/C11H8ClN/c1-2-9-10(12)6-5-8-4-3-7-13-11(8)9/h2-7H,1H2. The van der Waals surface area contributed by atoms with Gasteiger partial charge in [0.2, 0.25) is 0 Å². The van der Waals surface area contributed by atoms with Crippen LogP contribution >= 0.6 is 11.6 Å². The van der Waals surface area contributed by atoms with Crippen molar-refractivity contribution in [3.05, 3.63) is 47.6 Å². The summed E-state index contributed by atoms with van der Waals surface area (Å²) in [5, 5.41) is 1.78. The van der Waals surface area contributed by atoms with Crippen molar-refractivity contribution in [1.82, 2.24) is 4.98 Å². The van der Waals surface area contributed by atoms with Crippen LogP contribution in [0.25, 0.3) is 17.0 Å². The zero-order valence-electron chi connectivity index (χ0n) is 7.00. The average Bonchev–Trinajstić information content (AvgIpc) is 2.18. The van der Waals surface area contributed by atoms with E-state index in [0.717, 1.165) is 16.5 Å². The first-order chi connectivity index (χ1) is 6.33. The smallest absolute Gasteiger partial charge is 0.0788 e. The van der Waals surface area contributed by atoms with Crippen LogP contribution in [-0.2, 0) is 0 Å². The molecule has 0 aliphatic carbocycles. The number of halogens is 1. The summed E-state index contributed by atoms with van der Waals surface area (Å²) in [6.45, 7) is 3.72. The van der Waals surface area contributed by atoms with Crippen LogP contribution < -0.4 is 0 Å². The second-order valence-electron chi connectivity index (χ2n) is 2.74. The van der Waals surface area contributed by atoms with Gasteiger partial charge < -0.3 is 0 Å². The summed E-state index contributed by atoms with van der Waals surface area (Å²) in [7, 11) is 0.